The Labute approximate surface area is 118 Å². The topological polar surface area (TPSA) is 50.6 Å². The molecule has 0 aliphatic rings. The fourth-order valence-electron chi connectivity index (χ4n) is 2.05. The van der Waals surface area contributed by atoms with Crippen LogP contribution in [0.25, 0.3) is 0 Å². The second-order valence-corrected chi connectivity index (χ2v) is 4.61. The van der Waals surface area contributed by atoms with Crippen molar-refractivity contribution in [3.8, 4) is 0 Å². The minimum absolute atomic E-state index is 0.455. The SMILES string of the molecule is C[n+]1ccn(COCCCc2ccccc2)c1/C=N/O. The third kappa shape index (κ3) is 3.93. The number of benzene rings is 1. The van der Waals surface area contributed by atoms with E-state index in [2.05, 4.69) is 29.4 Å². The average Bonchev–Trinajstić information content (AvgIpc) is 2.81. The summed E-state index contributed by atoms with van der Waals surface area (Å²) >= 11 is 0. The van der Waals surface area contributed by atoms with Gasteiger partial charge in [-0.1, -0.05) is 35.5 Å². The van der Waals surface area contributed by atoms with Gasteiger partial charge in [0.25, 0.3) is 0 Å². The van der Waals surface area contributed by atoms with Crippen molar-refractivity contribution in [2.75, 3.05) is 6.61 Å². The maximum Gasteiger partial charge on any atom is 0.305 e. The average molecular weight is 274 g/mol. The van der Waals surface area contributed by atoms with Crippen LogP contribution in [0.3, 0.4) is 0 Å². The Bertz CT molecular complexity index is 550. The molecule has 0 bridgehead atoms. The summed E-state index contributed by atoms with van der Waals surface area (Å²) in [5.74, 6) is 0.788. The zero-order chi connectivity index (χ0) is 14.2. The molecule has 0 aliphatic carbocycles. The summed E-state index contributed by atoms with van der Waals surface area (Å²) in [7, 11) is 1.89. The van der Waals surface area contributed by atoms with Gasteiger partial charge in [-0.2, -0.15) is 0 Å². The Morgan fingerprint density at radius 3 is 2.90 bits per heavy atom. The number of oxime groups is 1. The number of rotatable bonds is 7. The third-order valence-electron chi connectivity index (χ3n) is 3.13. The number of nitrogens with zero attached hydrogens (tertiary/aromatic N) is 3. The zero-order valence-corrected chi connectivity index (χ0v) is 11.6. The van der Waals surface area contributed by atoms with Gasteiger partial charge in [0.05, 0.1) is 13.7 Å². The number of hydrogen-bond acceptors (Lipinski definition) is 3. The second-order valence-electron chi connectivity index (χ2n) is 4.61. The molecule has 106 valence electrons. The Morgan fingerprint density at radius 2 is 2.15 bits per heavy atom. The van der Waals surface area contributed by atoms with E-state index in [4.69, 9.17) is 9.94 Å². The third-order valence-corrected chi connectivity index (χ3v) is 3.13. The molecule has 1 aromatic heterocycles. The van der Waals surface area contributed by atoms with Gasteiger partial charge in [0, 0.05) is 0 Å². The van der Waals surface area contributed by atoms with Crippen molar-refractivity contribution in [3.05, 3.63) is 54.1 Å². The number of hydrogen-bond donors (Lipinski definition) is 1. The van der Waals surface area contributed by atoms with Gasteiger partial charge < -0.3 is 9.94 Å². The lowest BCUT2D eigenvalue weighted by molar-refractivity contribution is -0.672. The molecule has 0 radical (unpaired) electrons. The van der Waals surface area contributed by atoms with E-state index < -0.39 is 0 Å². The van der Waals surface area contributed by atoms with Crippen LogP contribution in [-0.4, -0.2) is 22.6 Å². The molecule has 0 saturated carbocycles. The number of imidazole rings is 1. The van der Waals surface area contributed by atoms with Gasteiger partial charge in [-0.05, 0) is 18.4 Å². The minimum Gasteiger partial charge on any atom is -0.411 e. The highest BCUT2D eigenvalue weighted by Crippen LogP contribution is 2.03. The molecule has 2 aromatic rings. The molecule has 0 atom stereocenters. The Kier molecular flexibility index (Phi) is 5.32. The van der Waals surface area contributed by atoms with Crippen molar-refractivity contribution >= 4 is 6.21 Å². The van der Waals surface area contributed by atoms with Crippen LogP contribution in [0.5, 0.6) is 0 Å². The van der Waals surface area contributed by atoms with E-state index in [1.54, 1.807) is 0 Å². The number of ether oxygens (including phenoxy) is 1. The van der Waals surface area contributed by atoms with Crippen LogP contribution in [0, 0.1) is 0 Å². The fourth-order valence-corrected chi connectivity index (χ4v) is 2.05. The molecule has 1 aromatic carbocycles. The second kappa shape index (κ2) is 7.45. The van der Waals surface area contributed by atoms with Gasteiger partial charge in [-0.25, -0.2) is 9.13 Å². The molecule has 2 rings (SSSR count). The van der Waals surface area contributed by atoms with E-state index in [-0.39, 0.29) is 0 Å². The minimum atomic E-state index is 0.455. The van der Waals surface area contributed by atoms with Crippen molar-refractivity contribution < 1.29 is 14.5 Å². The molecule has 20 heavy (non-hydrogen) atoms. The van der Waals surface area contributed by atoms with E-state index in [1.165, 1.54) is 11.8 Å². The maximum absolute atomic E-state index is 8.62. The van der Waals surface area contributed by atoms with Crippen LogP contribution in [0.15, 0.2) is 47.9 Å². The summed E-state index contributed by atoms with van der Waals surface area (Å²) in [6.07, 6.45) is 7.19. The van der Waals surface area contributed by atoms with Gasteiger partial charge in [0.15, 0.2) is 12.9 Å². The van der Waals surface area contributed by atoms with Crippen LogP contribution in [-0.2, 0) is 24.9 Å². The molecule has 0 aliphatic heterocycles. The Balaban J connectivity index is 1.74. The van der Waals surface area contributed by atoms with E-state index in [0.29, 0.717) is 13.3 Å². The van der Waals surface area contributed by atoms with Crippen LogP contribution >= 0.6 is 0 Å². The van der Waals surface area contributed by atoms with Gasteiger partial charge in [0.2, 0.25) is 0 Å². The smallest absolute Gasteiger partial charge is 0.305 e. The van der Waals surface area contributed by atoms with Crippen molar-refractivity contribution in [2.24, 2.45) is 12.2 Å². The predicted octanol–water partition coefficient (Wildman–Crippen LogP) is 1.73. The Morgan fingerprint density at radius 1 is 1.35 bits per heavy atom. The molecule has 0 saturated heterocycles. The summed E-state index contributed by atoms with van der Waals surface area (Å²) in [5.41, 5.74) is 1.33. The highest BCUT2D eigenvalue weighted by atomic mass is 16.5. The summed E-state index contributed by atoms with van der Waals surface area (Å²) < 4.78 is 9.41. The highest BCUT2D eigenvalue weighted by Gasteiger charge is 2.11. The number of aromatic nitrogens is 2. The first kappa shape index (κ1) is 14.3. The van der Waals surface area contributed by atoms with E-state index in [9.17, 15) is 0 Å². The van der Waals surface area contributed by atoms with Gasteiger partial charge in [0.1, 0.15) is 12.4 Å². The quantitative estimate of drug-likeness (QED) is 0.275. The van der Waals surface area contributed by atoms with Crippen molar-refractivity contribution in [1.82, 2.24) is 4.57 Å². The van der Waals surface area contributed by atoms with Crippen LogP contribution in [0.1, 0.15) is 17.8 Å². The highest BCUT2D eigenvalue weighted by molar-refractivity contribution is 5.72. The van der Waals surface area contributed by atoms with Gasteiger partial charge >= 0.3 is 5.82 Å². The zero-order valence-electron chi connectivity index (χ0n) is 11.6. The fraction of sp³-hybridized carbons (Fsp3) is 0.333. The maximum atomic E-state index is 8.62. The Hall–Kier alpha value is -2.14. The van der Waals surface area contributed by atoms with Crippen LogP contribution < -0.4 is 4.57 Å². The molecule has 0 amide bonds. The first-order valence-corrected chi connectivity index (χ1v) is 6.65. The number of aryl methyl sites for hydroxylation is 2. The molecule has 5 heteroatoms. The first-order valence-electron chi connectivity index (χ1n) is 6.65. The molecular formula is C15H20N3O2+. The van der Waals surface area contributed by atoms with Crippen LogP contribution in [0.4, 0.5) is 0 Å². The normalized spacial score (nSPS) is 11.2. The van der Waals surface area contributed by atoms with E-state index in [1.807, 2.05) is 34.6 Å². The van der Waals surface area contributed by atoms with Gasteiger partial charge in [-0.3, -0.25) is 0 Å². The molecule has 0 spiro atoms. The summed E-state index contributed by atoms with van der Waals surface area (Å²) in [6, 6.07) is 10.4. The van der Waals surface area contributed by atoms with Crippen LogP contribution in [0.2, 0.25) is 0 Å². The van der Waals surface area contributed by atoms with Crippen molar-refractivity contribution in [2.45, 2.75) is 19.6 Å². The summed E-state index contributed by atoms with van der Waals surface area (Å²) in [4.78, 5) is 0. The molecule has 0 unspecified atom stereocenters. The summed E-state index contributed by atoms with van der Waals surface area (Å²) in [6.45, 7) is 1.16. The summed E-state index contributed by atoms with van der Waals surface area (Å²) in [5, 5.41) is 11.7. The lowest BCUT2D eigenvalue weighted by Crippen LogP contribution is -2.32. The van der Waals surface area contributed by atoms with Gasteiger partial charge in [-0.15, -0.1) is 0 Å². The van der Waals surface area contributed by atoms with Crippen molar-refractivity contribution in [3.63, 3.8) is 0 Å². The molecule has 1 heterocycles. The standard InChI is InChI=1S/C15H19N3O2/c1-17-9-10-18(15(17)12-16-19)13-20-11-5-8-14-6-3-2-4-7-14/h2-4,6-7,9-10,12H,5,8,11,13H2,1H3/p+1. The van der Waals surface area contributed by atoms with E-state index in [0.717, 1.165) is 18.7 Å². The van der Waals surface area contributed by atoms with E-state index >= 15 is 0 Å². The lowest BCUT2D eigenvalue weighted by Gasteiger charge is -2.03. The molecule has 5 nitrogen and oxygen atoms in total. The predicted molar refractivity (Wildman–Crippen MR) is 75.7 cm³/mol. The lowest BCUT2D eigenvalue weighted by atomic mass is 10.1. The van der Waals surface area contributed by atoms with Crippen molar-refractivity contribution in [1.29, 1.82) is 0 Å². The molecule has 0 fully saturated rings. The molecular weight excluding hydrogens is 254 g/mol. The largest absolute Gasteiger partial charge is 0.411 e. The molecule has 1 N–H and O–H groups in total. The monoisotopic (exact) mass is 274 g/mol. The first-order chi connectivity index (χ1) is 9.81.